The molecule has 1 saturated heterocycles. The van der Waals surface area contributed by atoms with Gasteiger partial charge in [0.2, 0.25) is 10.0 Å². The Morgan fingerprint density at radius 3 is 2.80 bits per heavy atom. The minimum absolute atomic E-state index is 0.0634. The van der Waals surface area contributed by atoms with Gasteiger partial charge in [-0.15, -0.1) is 0 Å². The second kappa shape index (κ2) is 6.19. The highest BCUT2D eigenvalue weighted by molar-refractivity contribution is 9.10. The van der Waals surface area contributed by atoms with Crippen LogP contribution >= 0.6 is 27.5 Å². The number of sulfonamides is 1. The number of nitrogens with zero attached hydrogens (tertiary/aromatic N) is 1. The van der Waals surface area contributed by atoms with Gasteiger partial charge in [0, 0.05) is 24.2 Å². The van der Waals surface area contributed by atoms with Crippen LogP contribution in [0.2, 0.25) is 5.02 Å². The van der Waals surface area contributed by atoms with Gasteiger partial charge in [-0.25, -0.2) is 8.42 Å². The largest absolute Gasteiger partial charge is 0.494 e. The summed E-state index contributed by atoms with van der Waals surface area (Å²) in [6.45, 7) is 0.777. The number of piperidine rings is 1. The highest BCUT2D eigenvalue weighted by Crippen LogP contribution is 2.37. The van der Waals surface area contributed by atoms with Crippen molar-refractivity contribution in [3.8, 4) is 5.75 Å². The van der Waals surface area contributed by atoms with Crippen molar-refractivity contribution in [3.63, 3.8) is 0 Å². The number of rotatable bonds is 3. The minimum atomic E-state index is -3.67. The van der Waals surface area contributed by atoms with Crippen LogP contribution < -0.4 is 10.5 Å². The summed E-state index contributed by atoms with van der Waals surface area (Å²) in [7, 11) is -2.24. The zero-order valence-electron chi connectivity index (χ0n) is 11.0. The van der Waals surface area contributed by atoms with Gasteiger partial charge in [-0.05, 0) is 40.9 Å². The molecule has 8 heteroatoms. The van der Waals surface area contributed by atoms with Crippen molar-refractivity contribution < 1.29 is 13.2 Å². The molecule has 0 amide bonds. The molecule has 0 radical (unpaired) electrons. The lowest BCUT2D eigenvalue weighted by molar-refractivity contribution is 0.314. The smallest absolute Gasteiger partial charge is 0.246 e. The van der Waals surface area contributed by atoms with Gasteiger partial charge in [0.25, 0.3) is 0 Å². The van der Waals surface area contributed by atoms with Gasteiger partial charge in [-0.2, -0.15) is 4.31 Å². The standard InChI is InChI=1S/C12H16BrClN2O3S/c1-19-12-10(13)5-8(14)6-11(12)20(17,18)16-4-2-3-9(15)7-16/h5-6,9H,2-4,7,15H2,1H3/t9-/m0/s1. The van der Waals surface area contributed by atoms with Gasteiger partial charge < -0.3 is 10.5 Å². The van der Waals surface area contributed by atoms with Crippen LogP contribution in [0, 0.1) is 0 Å². The molecule has 0 aliphatic carbocycles. The summed E-state index contributed by atoms with van der Waals surface area (Å²) in [6, 6.07) is 2.87. The predicted octanol–water partition coefficient (Wildman–Crippen LogP) is 2.22. The average molecular weight is 384 g/mol. The molecule has 0 unspecified atom stereocenters. The molecule has 1 aromatic carbocycles. The quantitative estimate of drug-likeness (QED) is 0.868. The fraction of sp³-hybridized carbons (Fsp3) is 0.500. The molecule has 0 spiro atoms. The number of hydrogen-bond acceptors (Lipinski definition) is 4. The van der Waals surface area contributed by atoms with Crippen LogP contribution in [-0.4, -0.2) is 39.0 Å². The fourth-order valence-electron chi connectivity index (χ4n) is 2.26. The summed E-state index contributed by atoms with van der Waals surface area (Å²) >= 11 is 9.23. The average Bonchev–Trinajstić information content (AvgIpc) is 2.38. The Balaban J connectivity index is 2.48. The number of methoxy groups -OCH3 is 1. The number of halogens is 2. The SMILES string of the molecule is COc1c(Br)cc(Cl)cc1S(=O)(=O)N1CCC[C@H](N)C1. The first-order chi connectivity index (χ1) is 9.36. The monoisotopic (exact) mass is 382 g/mol. The Bertz CT molecular complexity index is 609. The molecule has 0 bridgehead atoms. The Morgan fingerprint density at radius 2 is 2.20 bits per heavy atom. The maximum atomic E-state index is 12.7. The van der Waals surface area contributed by atoms with Crippen molar-refractivity contribution in [2.75, 3.05) is 20.2 Å². The second-order valence-corrected chi connectivity index (χ2v) is 7.88. The normalized spacial score (nSPS) is 20.9. The first-order valence-electron chi connectivity index (χ1n) is 6.15. The molecule has 1 aromatic rings. The van der Waals surface area contributed by atoms with Crippen LogP contribution in [0.25, 0.3) is 0 Å². The summed E-state index contributed by atoms with van der Waals surface area (Å²) in [5, 5.41) is 0.331. The summed E-state index contributed by atoms with van der Waals surface area (Å²) in [5.41, 5.74) is 5.86. The molecule has 5 nitrogen and oxygen atoms in total. The summed E-state index contributed by atoms with van der Waals surface area (Å²) in [4.78, 5) is 0.0634. The van der Waals surface area contributed by atoms with Crippen molar-refractivity contribution >= 4 is 37.6 Å². The summed E-state index contributed by atoms with van der Waals surface area (Å²) in [5.74, 6) is 0.258. The van der Waals surface area contributed by atoms with E-state index >= 15 is 0 Å². The summed E-state index contributed by atoms with van der Waals surface area (Å²) < 4.78 is 32.5. The van der Waals surface area contributed by atoms with Gasteiger partial charge in [0.05, 0.1) is 11.6 Å². The van der Waals surface area contributed by atoms with E-state index in [1.165, 1.54) is 17.5 Å². The minimum Gasteiger partial charge on any atom is -0.494 e. The molecular weight excluding hydrogens is 368 g/mol. The predicted molar refractivity (Wildman–Crippen MR) is 81.7 cm³/mol. The van der Waals surface area contributed by atoms with E-state index in [0.717, 1.165) is 12.8 Å². The zero-order valence-corrected chi connectivity index (χ0v) is 14.1. The Labute approximate surface area is 132 Å². The van der Waals surface area contributed by atoms with Crippen molar-refractivity contribution in [2.45, 2.75) is 23.8 Å². The van der Waals surface area contributed by atoms with Gasteiger partial charge in [0.15, 0.2) is 5.75 Å². The molecule has 2 rings (SSSR count). The number of nitrogens with two attached hydrogens (primary N) is 1. The Morgan fingerprint density at radius 1 is 1.50 bits per heavy atom. The molecule has 112 valence electrons. The lowest BCUT2D eigenvalue weighted by atomic mass is 10.1. The Hall–Kier alpha value is -0.340. The molecule has 1 heterocycles. The molecule has 0 aromatic heterocycles. The maximum Gasteiger partial charge on any atom is 0.246 e. The lowest BCUT2D eigenvalue weighted by Crippen LogP contribution is -2.45. The van der Waals surface area contributed by atoms with Crippen LogP contribution in [0.5, 0.6) is 5.75 Å². The number of hydrogen-bond donors (Lipinski definition) is 1. The van der Waals surface area contributed by atoms with Crippen LogP contribution in [0.4, 0.5) is 0 Å². The van der Waals surface area contributed by atoms with E-state index in [4.69, 9.17) is 22.1 Å². The van der Waals surface area contributed by atoms with Crippen LogP contribution in [-0.2, 0) is 10.0 Å². The van der Waals surface area contributed by atoms with Gasteiger partial charge in [-0.1, -0.05) is 11.6 Å². The number of ether oxygens (including phenoxy) is 1. The summed E-state index contributed by atoms with van der Waals surface area (Å²) in [6.07, 6.45) is 1.59. The molecule has 1 aliphatic rings. The molecule has 1 aliphatic heterocycles. The van der Waals surface area contributed by atoms with Gasteiger partial charge >= 0.3 is 0 Å². The lowest BCUT2D eigenvalue weighted by Gasteiger charge is -2.30. The van der Waals surface area contributed by atoms with Crippen LogP contribution in [0.3, 0.4) is 0 Å². The molecule has 1 atom stereocenters. The first kappa shape index (κ1) is 16.0. The third-order valence-corrected chi connectivity index (χ3v) is 5.89. The van der Waals surface area contributed by atoms with Crippen molar-refractivity contribution in [1.82, 2.24) is 4.31 Å². The van der Waals surface area contributed by atoms with Crippen molar-refractivity contribution in [3.05, 3.63) is 21.6 Å². The van der Waals surface area contributed by atoms with E-state index in [2.05, 4.69) is 15.9 Å². The topological polar surface area (TPSA) is 72.6 Å². The fourth-order valence-corrected chi connectivity index (χ4v) is 5.16. The van der Waals surface area contributed by atoms with Crippen LogP contribution in [0.1, 0.15) is 12.8 Å². The zero-order chi connectivity index (χ0) is 14.9. The van der Waals surface area contributed by atoms with Crippen molar-refractivity contribution in [2.24, 2.45) is 5.73 Å². The van der Waals surface area contributed by atoms with Gasteiger partial charge in [-0.3, -0.25) is 0 Å². The first-order valence-corrected chi connectivity index (χ1v) is 8.76. The molecule has 2 N–H and O–H groups in total. The van der Waals surface area contributed by atoms with Crippen LogP contribution in [0.15, 0.2) is 21.5 Å². The van der Waals surface area contributed by atoms with Crippen molar-refractivity contribution in [1.29, 1.82) is 0 Å². The highest BCUT2D eigenvalue weighted by atomic mass is 79.9. The van der Waals surface area contributed by atoms with E-state index in [0.29, 0.717) is 22.6 Å². The third-order valence-electron chi connectivity index (χ3n) is 3.22. The molecule has 1 fully saturated rings. The van der Waals surface area contributed by atoms with E-state index in [-0.39, 0.29) is 16.7 Å². The molecule has 20 heavy (non-hydrogen) atoms. The van der Waals surface area contributed by atoms with E-state index in [9.17, 15) is 8.42 Å². The number of benzene rings is 1. The maximum absolute atomic E-state index is 12.7. The van der Waals surface area contributed by atoms with Gasteiger partial charge in [0.1, 0.15) is 4.90 Å². The highest BCUT2D eigenvalue weighted by Gasteiger charge is 2.32. The molecule has 0 saturated carbocycles. The third kappa shape index (κ3) is 3.12. The van der Waals surface area contributed by atoms with E-state index in [1.54, 1.807) is 6.07 Å². The second-order valence-electron chi connectivity index (χ2n) is 4.68. The Kier molecular flexibility index (Phi) is 4.96. The van der Waals surface area contributed by atoms with E-state index in [1.807, 2.05) is 0 Å². The molecular formula is C12H16BrClN2O3S. The van der Waals surface area contributed by atoms with E-state index < -0.39 is 10.0 Å².